The highest BCUT2D eigenvalue weighted by Crippen LogP contribution is 2.43. The van der Waals surface area contributed by atoms with Crippen molar-refractivity contribution < 1.29 is 143 Å². The molecule has 0 saturated carbocycles. The van der Waals surface area contributed by atoms with E-state index in [1.807, 2.05) is 310 Å². The van der Waals surface area contributed by atoms with E-state index in [1.54, 1.807) is 20.8 Å². The molecule has 0 bridgehead atoms. The van der Waals surface area contributed by atoms with E-state index in [4.69, 9.17) is 104 Å². The minimum Gasteiger partial charge on any atom is -0.455 e. The molecule has 3 N–H and O–H groups in total. The number of hydrogen-bond acceptors (Lipinski definition) is 30. The van der Waals surface area contributed by atoms with Gasteiger partial charge in [0.05, 0.1) is 117 Å². The van der Waals surface area contributed by atoms with Crippen molar-refractivity contribution in [3.8, 4) is 0 Å². The Bertz CT molecular complexity index is 5620. The largest absolute Gasteiger partial charge is 0.455 e. The summed E-state index contributed by atoms with van der Waals surface area (Å²) in [5.74, 6) is -4.16. The van der Waals surface area contributed by atoms with Crippen LogP contribution in [0.1, 0.15) is 130 Å². The van der Waals surface area contributed by atoms with E-state index in [0.29, 0.717) is 22.3 Å². The lowest BCUT2D eigenvalue weighted by Gasteiger charge is -2.53. The van der Waals surface area contributed by atoms with Crippen LogP contribution in [0.5, 0.6) is 0 Å². The van der Waals surface area contributed by atoms with Gasteiger partial charge in [-0.3, -0.25) is 19.2 Å². The zero-order chi connectivity index (χ0) is 104. The fourth-order valence-electron chi connectivity index (χ4n) is 18.1. The lowest BCUT2D eigenvalue weighted by atomic mass is 9.93. The molecule has 5 saturated heterocycles. The van der Waals surface area contributed by atoms with E-state index in [-0.39, 0.29) is 104 Å². The highest BCUT2D eigenvalue weighted by atomic mass is 16.8. The van der Waals surface area contributed by atoms with Crippen molar-refractivity contribution in [1.82, 2.24) is 5.32 Å². The summed E-state index contributed by atoms with van der Waals surface area (Å²) in [6.45, 7) is 8.74. The van der Waals surface area contributed by atoms with Gasteiger partial charge in [0.15, 0.2) is 49.8 Å². The van der Waals surface area contributed by atoms with Gasteiger partial charge < -0.3 is 129 Å². The summed E-state index contributed by atoms with van der Waals surface area (Å²) >= 11 is 0. The molecule has 0 unspecified atom stereocenters. The maximum atomic E-state index is 15.5. The minimum atomic E-state index is -2.03. The molecule has 1 amide bonds. The zero-order valence-corrected chi connectivity index (χ0v) is 84.4. The third-order valence-electron chi connectivity index (χ3n) is 25.8. The smallest absolute Gasteiger partial charge is 0.311 e. The van der Waals surface area contributed by atoms with E-state index >= 15 is 4.79 Å². The number of esters is 3. The van der Waals surface area contributed by atoms with Crippen molar-refractivity contribution in [2.24, 2.45) is 5.41 Å². The van der Waals surface area contributed by atoms with Gasteiger partial charge in [-0.2, -0.15) is 0 Å². The predicted octanol–water partition coefficient (Wildman–Crippen LogP) is 14.9. The molecule has 5 aliphatic heterocycles. The van der Waals surface area contributed by atoms with Gasteiger partial charge >= 0.3 is 17.9 Å². The van der Waals surface area contributed by atoms with Crippen LogP contribution in [-0.4, -0.2) is 225 Å². The number of Topliss-reactive ketones (excluding diaryl/α,β-unsaturated/α-hetero) is 2. The van der Waals surface area contributed by atoms with Gasteiger partial charge in [-0.15, -0.1) is 0 Å². The van der Waals surface area contributed by atoms with Gasteiger partial charge in [-0.1, -0.05) is 303 Å². The third kappa shape index (κ3) is 32.8. The standard InChI is InChI=1S/C117H135NO30/c1-76(119)58-60-94(122)142-103-97(124)90(72-127-62-80-38-18-8-19-39-80)139-115(110(103)143-95(123)61-59-77(2)120)144-100-93(75-130-65-83-44-24-11-25-45-83)140-112(96(118-79(4)121)102(100)146-113-108(135-70-88-54-34-16-35-55-88)104(133-68-86-50-30-14-31-51-86)98(78(3)137-113)131-66-84-46-26-12-27-47-84)147-106-99(132-67-85-48-28-13-29-49-85)91(73-128-63-81-40-20-9-21-41-81)141-114(109(106)136-71-89-56-36-17-37-57-89)145-101-92(74-129-64-82-42-22-10-23-43-82)138-111(125)107(148-116(126)117(5,6)7)105(101)134-69-87-52-32-15-33-53-87/h8-57,78,90-93,96-115,124-125H,58-75H2,1-7H3,(H,118,121)/t78-,90+,91+,92+,93+,96+,97-,98+,99-,100+,101+,102+,103-,104+,105-,106-,107+,108-,109+,110+,111+,112-,113-,114-,115-/m0/s1. The molecular formula is C117H135NO30. The highest BCUT2D eigenvalue weighted by molar-refractivity contribution is 5.82. The van der Waals surface area contributed by atoms with E-state index < -0.39 is 209 Å². The lowest BCUT2D eigenvalue weighted by molar-refractivity contribution is -0.399. The van der Waals surface area contributed by atoms with Crippen LogP contribution in [0.25, 0.3) is 0 Å². The molecule has 148 heavy (non-hydrogen) atoms. The lowest BCUT2D eigenvalue weighted by Crippen LogP contribution is -2.72. The molecule has 5 aliphatic rings. The zero-order valence-electron chi connectivity index (χ0n) is 84.4. The van der Waals surface area contributed by atoms with Crippen molar-refractivity contribution in [1.29, 1.82) is 0 Å². The van der Waals surface area contributed by atoms with E-state index in [2.05, 4.69) is 5.32 Å². The Morgan fingerprint density at radius 1 is 0.277 bits per heavy atom. The molecule has 5 heterocycles. The fraction of sp³-hybridized carbons (Fsp3) is 0.436. The van der Waals surface area contributed by atoms with Crippen LogP contribution in [0, 0.1) is 5.41 Å². The van der Waals surface area contributed by atoms with Gasteiger partial charge in [-0.05, 0) is 97.2 Å². The molecule has 31 heteroatoms. The van der Waals surface area contributed by atoms with E-state index in [9.17, 15) is 34.2 Å². The number of rotatable bonds is 52. The fourth-order valence-corrected chi connectivity index (χ4v) is 18.1. The van der Waals surface area contributed by atoms with Gasteiger partial charge in [0.25, 0.3) is 0 Å². The summed E-state index contributed by atoms with van der Waals surface area (Å²) in [5.41, 5.74) is 6.28. The summed E-state index contributed by atoms with van der Waals surface area (Å²) in [4.78, 5) is 85.3. The molecule has 25 atom stereocenters. The molecule has 5 fully saturated rings. The maximum Gasteiger partial charge on any atom is 0.311 e. The Labute approximate surface area is 863 Å². The molecule has 0 radical (unpaired) electrons. The second kappa shape index (κ2) is 56.4. The predicted molar refractivity (Wildman–Crippen MR) is 538 cm³/mol. The molecule has 0 aliphatic carbocycles. The van der Waals surface area contributed by atoms with Gasteiger partial charge in [0.1, 0.15) is 109 Å². The first kappa shape index (κ1) is 111. The van der Waals surface area contributed by atoms with Crippen molar-refractivity contribution in [2.75, 3.05) is 26.4 Å². The second-order valence-electron chi connectivity index (χ2n) is 38.5. The maximum absolute atomic E-state index is 15.5. The Kier molecular flexibility index (Phi) is 42.2. The number of aliphatic hydroxyl groups is 2. The van der Waals surface area contributed by atoms with Crippen LogP contribution in [0.4, 0.5) is 0 Å². The van der Waals surface area contributed by atoms with Crippen molar-refractivity contribution in [2.45, 2.75) is 294 Å². The number of nitrogens with one attached hydrogen (secondary N) is 1. The monoisotopic (exact) mass is 2030 g/mol. The minimum absolute atomic E-state index is 0.00383. The molecule has 10 aromatic rings. The number of aliphatic hydroxyl groups excluding tert-OH is 2. The molecule has 788 valence electrons. The Morgan fingerprint density at radius 3 is 0.926 bits per heavy atom. The normalized spacial score (nSPS) is 27.1. The topological polar surface area (TPSA) is 358 Å². The van der Waals surface area contributed by atoms with Crippen LogP contribution in [0.15, 0.2) is 303 Å². The van der Waals surface area contributed by atoms with Crippen LogP contribution < -0.4 is 5.32 Å². The highest BCUT2D eigenvalue weighted by Gasteiger charge is 2.62. The van der Waals surface area contributed by atoms with Crippen LogP contribution in [0.3, 0.4) is 0 Å². The second-order valence-corrected chi connectivity index (χ2v) is 38.5. The van der Waals surface area contributed by atoms with Gasteiger partial charge in [0.2, 0.25) is 5.91 Å². The Morgan fingerprint density at radius 2 is 0.554 bits per heavy atom. The number of benzene rings is 10. The van der Waals surface area contributed by atoms with Gasteiger partial charge in [0, 0.05) is 19.8 Å². The van der Waals surface area contributed by atoms with E-state index in [1.165, 1.54) is 20.8 Å². The number of ether oxygens (including phenoxy) is 22. The van der Waals surface area contributed by atoms with Gasteiger partial charge in [-0.25, -0.2) is 0 Å². The molecule has 10 aromatic carbocycles. The summed E-state index contributed by atoms with van der Waals surface area (Å²) in [5, 5.41) is 28.9. The molecule has 15 rings (SSSR count). The number of ketones is 2. The summed E-state index contributed by atoms with van der Waals surface area (Å²) < 4.78 is 158. The average Bonchev–Trinajstić information content (AvgIpc) is 0.751. The first-order valence-corrected chi connectivity index (χ1v) is 50.5. The summed E-state index contributed by atoms with van der Waals surface area (Å²) in [6.07, 6.45) is -39.5. The Hall–Kier alpha value is -11.4. The SMILES string of the molecule is CC(=O)CCC(=O)O[C@H]1[C@H](O[C@H]2[C@H](O[C@@H]3O[C@@H](C)[C@@H](OCc4ccccc4)[C@@H](OCc4ccccc4)[C@@H]3OCc3ccccc3)[C@@H](NC(C)=O)[C@H](O[C@H]3[C@@H](OCc4ccccc4)[C@@H](COCc4ccccc4)O[C@@H](O[C@H]4[C@H](OCc5ccccc5)[C@@H](OC(=O)C(C)(C)C)[C@H](O)O[C@@H]4COCc4ccccc4)[C@@H]3OCc3ccccc3)O[C@@H]2COCc2ccccc2)O[C@H](COCc2ccccc2)[C@H](O)[C@@H]1OC(=O)CCC(C)=O. The number of carbonyl (C=O) groups is 6. The molecule has 0 spiro atoms. The summed E-state index contributed by atoms with van der Waals surface area (Å²) in [7, 11) is 0. The molecule has 31 nitrogen and oxygen atoms in total. The molecule has 0 aromatic heterocycles. The summed E-state index contributed by atoms with van der Waals surface area (Å²) in [6, 6.07) is 92.1. The van der Waals surface area contributed by atoms with Crippen LogP contribution in [-0.2, 0) is 199 Å². The van der Waals surface area contributed by atoms with Crippen molar-refractivity contribution in [3.63, 3.8) is 0 Å². The first-order chi connectivity index (χ1) is 72.0. The van der Waals surface area contributed by atoms with Crippen molar-refractivity contribution in [3.05, 3.63) is 359 Å². The Balaban J connectivity index is 0.941. The number of hydrogen-bond donors (Lipinski definition) is 3. The van der Waals surface area contributed by atoms with E-state index in [0.717, 1.165) is 33.4 Å². The number of amides is 1. The van der Waals surface area contributed by atoms with Crippen LogP contribution in [0.2, 0.25) is 0 Å². The quantitative estimate of drug-likeness (QED) is 0.0235. The first-order valence-electron chi connectivity index (χ1n) is 50.5. The molecular weight excluding hydrogens is 1900 g/mol. The average molecular weight is 2040 g/mol. The van der Waals surface area contributed by atoms with Crippen molar-refractivity contribution >= 4 is 35.4 Å². The number of carbonyl (C=O) groups excluding carboxylic acids is 6. The third-order valence-corrected chi connectivity index (χ3v) is 25.8. The van der Waals surface area contributed by atoms with Crippen LogP contribution >= 0.6 is 0 Å².